The molecular weight excluding hydrogens is 258 g/mol. The van der Waals surface area contributed by atoms with E-state index in [4.69, 9.17) is 11.6 Å². The van der Waals surface area contributed by atoms with Crippen LogP contribution in [0.15, 0.2) is 18.2 Å². The summed E-state index contributed by atoms with van der Waals surface area (Å²) in [7, 11) is -2.80. The zero-order chi connectivity index (χ0) is 12.5. The summed E-state index contributed by atoms with van der Waals surface area (Å²) >= 11 is 6.19. The fourth-order valence-corrected chi connectivity index (χ4v) is 3.69. The van der Waals surface area contributed by atoms with Gasteiger partial charge in [0, 0.05) is 6.04 Å². The van der Waals surface area contributed by atoms with Crippen molar-refractivity contribution in [2.45, 2.75) is 25.8 Å². The number of halogens is 1. The van der Waals surface area contributed by atoms with Crippen molar-refractivity contribution < 1.29 is 8.42 Å². The van der Waals surface area contributed by atoms with E-state index >= 15 is 0 Å². The summed E-state index contributed by atoms with van der Waals surface area (Å²) < 4.78 is 22.6. The van der Waals surface area contributed by atoms with Gasteiger partial charge in [-0.3, -0.25) is 0 Å². The molecule has 17 heavy (non-hydrogen) atoms. The van der Waals surface area contributed by atoms with Crippen LogP contribution in [-0.2, 0) is 9.84 Å². The molecule has 1 fully saturated rings. The molecule has 1 aromatic rings. The quantitative estimate of drug-likeness (QED) is 0.901. The van der Waals surface area contributed by atoms with Gasteiger partial charge in [0.25, 0.3) is 0 Å². The molecule has 0 aromatic heterocycles. The molecule has 0 amide bonds. The molecule has 5 heteroatoms. The van der Waals surface area contributed by atoms with Crippen molar-refractivity contribution in [3.63, 3.8) is 0 Å². The van der Waals surface area contributed by atoms with E-state index in [0.29, 0.717) is 12.8 Å². The van der Waals surface area contributed by atoms with E-state index in [2.05, 4.69) is 5.32 Å². The van der Waals surface area contributed by atoms with E-state index in [1.807, 2.05) is 25.1 Å². The third kappa shape index (κ3) is 3.13. The van der Waals surface area contributed by atoms with Crippen LogP contribution in [0.2, 0.25) is 5.02 Å². The van der Waals surface area contributed by atoms with Gasteiger partial charge in [-0.25, -0.2) is 8.42 Å². The van der Waals surface area contributed by atoms with Crippen molar-refractivity contribution in [3.05, 3.63) is 28.8 Å². The molecule has 0 saturated carbocycles. The number of nitrogens with one attached hydrogen (secondary N) is 1. The summed E-state index contributed by atoms with van der Waals surface area (Å²) in [6.07, 6.45) is 1.32. The molecule has 0 spiro atoms. The van der Waals surface area contributed by atoms with Crippen LogP contribution in [0.25, 0.3) is 0 Å². The first-order valence-electron chi connectivity index (χ1n) is 5.70. The molecule has 0 radical (unpaired) electrons. The number of rotatable bonds is 2. The second kappa shape index (κ2) is 4.86. The predicted molar refractivity (Wildman–Crippen MR) is 71.5 cm³/mol. The highest BCUT2D eigenvalue weighted by Crippen LogP contribution is 2.27. The maximum Gasteiger partial charge on any atom is 0.150 e. The highest BCUT2D eigenvalue weighted by Gasteiger charge is 2.23. The summed E-state index contributed by atoms with van der Waals surface area (Å²) in [5.41, 5.74) is 1.93. The van der Waals surface area contributed by atoms with Gasteiger partial charge in [-0.2, -0.15) is 0 Å². The van der Waals surface area contributed by atoms with Gasteiger partial charge in [-0.05, 0) is 31.4 Å². The van der Waals surface area contributed by atoms with Crippen LogP contribution in [0.1, 0.15) is 18.4 Å². The van der Waals surface area contributed by atoms with E-state index in [1.54, 1.807) is 0 Å². The Bertz CT molecular complexity index is 499. The summed E-state index contributed by atoms with van der Waals surface area (Å²) in [6, 6.07) is 6.04. The minimum atomic E-state index is -2.80. The Morgan fingerprint density at radius 3 is 2.59 bits per heavy atom. The number of hydrogen-bond donors (Lipinski definition) is 1. The standard InChI is InChI=1S/C12H16ClNO2S/c1-9-3-2-4-11(12(9)13)14-10-5-7-17(15,16)8-6-10/h2-4,10,14H,5-8H2,1H3. The Morgan fingerprint density at radius 1 is 1.29 bits per heavy atom. The molecular formula is C12H16ClNO2S. The molecule has 0 unspecified atom stereocenters. The zero-order valence-electron chi connectivity index (χ0n) is 9.74. The highest BCUT2D eigenvalue weighted by molar-refractivity contribution is 7.91. The van der Waals surface area contributed by atoms with E-state index in [0.717, 1.165) is 16.3 Å². The lowest BCUT2D eigenvalue weighted by atomic mass is 10.1. The lowest BCUT2D eigenvalue weighted by molar-refractivity contribution is 0.559. The smallest absolute Gasteiger partial charge is 0.150 e. The van der Waals surface area contributed by atoms with Gasteiger partial charge in [0.2, 0.25) is 0 Å². The Morgan fingerprint density at radius 2 is 1.94 bits per heavy atom. The SMILES string of the molecule is Cc1cccc(NC2CCS(=O)(=O)CC2)c1Cl. The Labute approximate surface area is 107 Å². The minimum Gasteiger partial charge on any atom is -0.381 e. The normalized spacial score (nSPS) is 20.1. The zero-order valence-corrected chi connectivity index (χ0v) is 11.3. The molecule has 1 aromatic carbocycles. The first kappa shape index (κ1) is 12.7. The molecule has 1 N–H and O–H groups in total. The van der Waals surface area contributed by atoms with Crippen molar-refractivity contribution in [3.8, 4) is 0 Å². The van der Waals surface area contributed by atoms with Crippen LogP contribution in [0.4, 0.5) is 5.69 Å². The van der Waals surface area contributed by atoms with Crippen molar-refractivity contribution in [1.82, 2.24) is 0 Å². The monoisotopic (exact) mass is 273 g/mol. The van der Waals surface area contributed by atoms with Gasteiger partial charge < -0.3 is 5.32 Å². The third-order valence-corrected chi connectivity index (χ3v) is 5.32. The number of sulfone groups is 1. The lowest BCUT2D eigenvalue weighted by Gasteiger charge is -2.24. The molecule has 94 valence electrons. The maximum absolute atomic E-state index is 11.3. The summed E-state index contributed by atoms with van der Waals surface area (Å²) in [5, 5.41) is 4.05. The van der Waals surface area contributed by atoms with E-state index in [-0.39, 0.29) is 17.5 Å². The van der Waals surface area contributed by atoms with Crippen LogP contribution in [0.5, 0.6) is 0 Å². The number of anilines is 1. The molecule has 2 rings (SSSR count). The number of hydrogen-bond acceptors (Lipinski definition) is 3. The average molecular weight is 274 g/mol. The Balaban J connectivity index is 2.05. The Kier molecular flexibility index (Phi) is 3.64. The minimum absolute atomic E-state index is 0.206. The van der Waals surface area contributed by atoms with Crippen molar-refractivity contribution in [2.24, 2.45) is 0 Å². The van der Waals surface area contributed by atoms with Crippen molar-refractivity contribution >= 4 is 27.1 Å². The van der Waals surface area contributed by atoms with E-state index in [1.165, 1.54) is 0 Å². The van der Waals surface area contributed by atoms with Gasteiger partial charge in [0.15, 0.2) is 0 Å². The largest absolute Gasteiger partial charge is 0.381 e. The van der Waals surface area contributed by atoms with Crippen molar-refractivity contribution in [2.75, 3.05) is 16.8 Å². The predicted octanol–water partition coefficient (Wildman–Crippen LogP) is 2.64. The molecule has 1 saturated heterocycles. The van der Waals surface area contributed by atoms with Crippen LogP contribution in [-0.4, -0.2) is 26.0 Å². The molecule has 1 heterocycles. The molecule has 0 aliphatic carbocycles. The highest BCUT2D eigenvalue weighted by atomic mass is 35.5. The molecule has 0 atom stereocenters. The lowest BCUT2D eigenvalue weighted by Crippen LogP contribution is -2.32. The Hall–Kier alpha value is -0.740. The first-order chi connectivity index (χ1) is 7.98. The fraction of sp³-hybridized carbons (Fsp3) is 0.500. The summed E-state index contributed by atoms with van der Waals surface area (Å²) in [4.78, 5) is 0. The third-order valence-electron chi connectivity index (χ3n) is 3.11. The van der Waals surface area contributed by atoms with Crippen molar-refractivity contribution in [1.29, 1.82) is 0 Å². The van der Waals surface area contributed by atoms with Gasteiger partial charge in [-0.15, -0.1) is 0 Å². The van der Waals surface area contributed by atoms with Crippen LogP contribution in [0, 0.1) is 6.92 Å². The van der Waals surface area contributed by atoms with Gasteiger partial charge in [0.05, 0.1) is 22.2 Å². The summed E-state index contributed by atoms with van der Waals surface area (Å²) in [6.45, 7) is 1.96. The van der Waals surface area contributed by atoms with E-state index in [9.17, 15) is 8.42 Å². The van der Waals surface area contributed by atoms with Crippen LogP contribution in [0.3, 0.4) is 0 Å². The number of benzene rings is 1. The molecule has 3 nitrogen and oxygen atoms in total. The second-order valence-electron chi connectivity index (χ2n) is 4.51. The van der Waals surface area contributed by atoms with Crippen LogP contribution >= 0.6 is 11.6 Å². The first-order valence-corrected chi connectivity index (χ1v) is 7.90. The topological polar surface area (TPSA) is 46.2 Å². The number of aryl methyl sites for hydroxylation is 1. The van der Waals surface area contributed by atoms with Gasteiger partial charge in [-0.1, -0.05) is 23.7 Å². The average Bonchev–Trinajstić information content (AvgIpc) is 2.27. The van der Waals surface area contributed by atoms with Gasteiger partial charge >= 0.3 is 0 Å². The van der Waals surface area contributed by atoms with Gasteiger partial charge in [0.1, 0.15) is 9.84 Å². The maximum atomic E-state index is 11.3. The molecule has 1 aliphatic heterocycles. The second-order valence-corrected chi connectivity index (χ2v) is 7.19. The summed E-state index contributed by atoms with van der Waals surface area (Å²) in [5.74, 6) is 0.544. The fourth-order valence-electron chi connectivity index (χ4n) is 2.01. The molecule has 0 bridgehead atoms. The molecule has 1 aliphatic rings. The van der Waals surface area contributed by atoms with Crippen LogP contribution < -0.4 is 5.32 Å². The van der Waals surface area contributed by atoms with E-state index < -0.39 is 9.84 Å².